The van der Waals surface area contributed by atoms with Crippen LogP contribution in [0.25, 0.3) is 0 Å². The maximum Gasteiger partial charge on any atom is 0.279 e. The van der Waals surface area contributed by atoms with Gasteiger partial charge in [0, 0.05) is 31.2 Å². The summed E-state index contributed by atoms with van der Waals surface area (Å²) in [5.41, 5.74) is 1.18. The van der Waals surface area contributed by atoms with Crippen LogP contribution in [0.3, 0.4) is 0 Å². The summed E-state index contributed by atoms with van der Waals surface area (Å²) in [4.78, 5) is 14.3. The van der Waals surface area contributed by atoms with Gasteiger partial charge in [-0.1, -0.05) is 29.3 Å². The van der Waals surface area contributed by atoms with E-state index in [-0.39, 0.29) is 22.3 Å². The van der Waals surface area contributed by atoms with Crippen molar-refractivity contribution in [2.45, 2.75) is 25.8 Å². The molecule has 2 aromatic rings. The van der Waals surface area contributed by atoms with E-state index in [1.165, 1.54) is 11.0 Å². The van der Waals surface area contributed by atoms with E-state index >= 15 is 0 Å². The Morgan fingerprint density at radius 2 is 2.19 bits per heavy atom. The molecule has 1 aromatic heterocycles. The van der Waals surface area contributed by atoms with Crippen LogP contribution in [0.5, 0.6) is 0 Å². The van der Waals surface area contributed by atoms with E-state index in [0.29, 0.717) is 37.2 Å². The van der Waals surface area contributed by atoms with Gasteiger partial charge in [-0.25, -0.2) is 4.39 Å². The lowest BCUT2D eigenvalue weighted by molar-refractivity contribution is 0.0470. The average molecular weight is 398 g/mol. The standard InChI is InChI=1S/C18H18Cl2FN3O2/c19-13-4-1-5-14(15(13)21)23-7-6-12-16(18(23)25)22-24(17(12)20)9-11-3-2-8-26-10-11/h1,4-5,11H,2-3,6-10H2. The Labute approximate surface area is 160 Å². The van der Waals surface area contributed by atoms with Gasteiger partial charge in [-0.2, -0.15) is 5.10 Å². The molecule has 1 saturated heterocycles. The lowest BCUT2D eigenvalue weighted by Gasteiger charge is -2.26. The number of nitrogens with zero attached hydrogens (tertiary/aromatic N) is 3. The van der Waals surface area contributed by atoms with Gasteiger partial charge in [0.2, 0.25) is 0 Å². The van der Waals surface area contributed by atoms with Crippen molar-refractivity contribution in [3.05, 3.63) is 45.4 Å². The molecule has 0 bridgehead atoms. The zero-order valence-electron chi connectivity index (χ0n) is 14.1. The molecule has 8 heteroatoms. The van der Waals surface area contributed by atoms with Gasteiger partial charge in [0.1, 0.15) is 5.15 Å². The Morgan fingerprint density at radius 3 is 2.96 bits per heavy atom. The van der Waals surface area contributed by atoms with Crippen LogP contribution >= 0.6 is 23.2 Å². The second-order valence-electron chi connectivity index (χ2n) is 6.66. The molecular formula is C18H18Cl2FN3O2. The van der Waals surface area contributed by atoms with Gasteiger partial charge in [-0.05, 0) is 31.4 Å². The van der Waals surface area contributed by atoms with Crippen molar-refractivity contribution < 1.29 is 13.9 Å². The Balaban J connectivity index is 1.62. The molecule has 1 unspecified atom stereocenters. The number of halogens is 3. The topological polar surface area (TPSA) is 47.4 Å². The lowest BCUT2D eigenvalue weighted by atomic mass is 10.0. The summed E-state index contributed by atoms with van der Waals surface area (Å²) in [5.74, 6) is -0.622. The van der Waals surface area contributed by atoms with E-state index in [0.717, 1.165) is 25.0 Å². The SMILES string of the molecule is O=C1c2nn(CC3CCCOC3)c(Cl)c2CCN1c1cccc(Cl)c1F. The zero-order valence-corrected chi connectivity index (χ0v) is 15.6. The first kappa shape index (κ1) is 17.8. The number of carbonyl (C=O) groups excluding carboxylic acids is 1. The van der Waals surface area contributed by atoms with Gasteiger partial charge in [0.05, 0.1) is 17.3 Å². The summed E-state index contributed by atoms with van der Waals surface area (Å²) in [5, 5.41) is 4.91. The fraction of sp³-hybridized carbons (Fsp3) is 0.444. The van der Waals surface area contributed by atoms with Crippen LogP contribution in [0, 0.1) is 11.7 Å². The molecule has 2 aliphatic rings. The molecule has 26 heavy (non-hydrogen) atoms. The molecule has 1 atom stereocenters. The molecule has 0 saturated carbocycles. The van der Waals surface area contributed by atoms with Crippen LogP contribution in [0.15, 0.2) is 18.2 Å². The molecule has 5 nitrogen and oxygen atoms in total. The first-order valence-electron chi connectivity index (χ1n) is 8.65. The molecule has 3 heterocycles. The van der Waals surface area contributed by atoms with Crippen LogP contribution in [-0.4, -0.2) is 35.4 Å². The highest BCUT2D eigenvalue weighted by molar-refractivity contribution is 6.31. The van der Waals surface area contributed by atoms with Gasteiger partial charge < -0.3 is 9.64 Å². The van der Waals surface area contributed by atoms with Crippen LogP contribution < -0.4 is 4.90 Å². The van der Waals surface area contributed by atoms with Crippen LogP contribution in [-0.2, 0) is 17.7 Å². The van der Waals surface area contributed by atoms with Gasteiger partial charge >= 0.3 is 0 Å². The molecule has 0 aliphatic carbocycles. The van der Waals surface area contributed by atoms with Crippen LogP contribution in [0.1, 0.15) is 28.9 Å². The predicted octanol–water partition coefficient (Wildman–Crippen LogP) is 3.96. The van der Waals surface area contributed by atoms with Crippen molar-refractivity contribution in [1.82, 2.24) is 9.78 Å². The number of hydrogen-bond donors (Lipinski definition) is 0. The molecule has 4 rings (SSSR count). The maximum atomic E-state index is 14.3. The molecule has 1 fully saturated rings. The van der Waals surface area contributed by atoms with Gasteiger partial charge in [-0.15, -0.1) is 0 Å². The number of carbonyl (C=O) groups is 1. The van der Waals surface area contributed by atoms with Crippen molar-refractivity contribution in [2.24, 2.45) is 5.92 Å². The van der Waals surface area contributed by atoms with Crippen molar-refractivity contribution >= 4 is 34.8 Å². The summed E-state index contributed by atoms with van der Waals surface area (Å²) in [7, 11) is 0. The zero-order chi connectivity index (χ0) is 18.3. The lowest BCUT2D eigenvalue weighted by Crippen LogP contribution is -2.38. The number of ether oxygens (including phenoxy) is 1. The monoisotopic (exact) mass is 397 g/mol. The second kappa shape index (κ2) is 7.18. The Hall–Kier alpha value is -1.63. The number of anilines is 1. The molecule has 1 amide bonds. The van der Waals surface area contributed by atoms with E-state index in [4.69, 9.17) is 27.9 Å². The van der Waals surface area contributed by atoms with Gasteiger partial charge in [-0.3, -0.25) is 9.48 Å². The van der Waals surface area contributed by atoms with Crippen molar-refractivity contribution in [3.8, 4) is 0 Å². The van der Waals surface area contributed by atoms with E-state index in [1.807, 2.05) is 0 Å². The quantitative estimate of drug-likeness (QED) is 0.787. The van der Waals surface area contributed by atoms with Crippen molar-refractivity contribution in [3.63, 3.8) is 0 Å². The fourth-order valence-corrected chi connectivity index (χ4v) is 4.03. The highest BCUT2D eigenvalue weighted by Gasteiger charge is 2.33. The van der Waals surface area contributed by atoms with E-state index in [2.05, 4.69) is 5.10 Å². The Morgan fingerprint density at radius 1 is 1.35 bits per heavy atom. The average Bonchev–Trinajstić information content (AvgIpc) is 2.96. The summed E-state index contributed by atoms with van der Waals surface area (Å²) in [6.07, 6.45) is 2.59. The smallest absolute Gasteiger partial charge is 0.279 e. The third-order valence-electron chi connectivity index (χ3n) is 4.92. The minimum absolute atomic E-state index is 0.0121. The molecule has 2 aliphatic heterocycles. The number of aromatic nitrogens is 2. The molecule has 138 valence electrons. The first-order chi connectivity index (χ1) is 12.6. The molecule has 0 radical (unpaired) electrons. The van der Waals surface area contributed by atoms with Gasteiger partial charge in [0.15, 0.2) is 11.5 Å². The molecule has 0 N–H and O–H groups in total. The van der Waals surface area contributed by atoms with Crippen LogP contribution in [0.4, 0.5) is 10.1 Å². The Kier molecular flexibility index (Phi) is 4.90. The van der Waals surface area contributed by atoms with Crippen molar-refractivity contribution in [1.29, 1.82) is 0 Å². The largest absolute Gasteiger partial charge is 0.381 e. The Bertz CT molecular complexity index is 849. The summed E-state index contributed by atoms with van der Waals surface area (Å²) < 4.78 is 21.5. The minimum atomic E-state index is -0.601. The van der Waals surface area contributed by atoms with Crippen molar-refractivity contribution in [2.75, 3.05) is 24.7 Å². The van der Waals surface area contributed by atoms with E-state index in [1.54, 1.807) is 16.8 Å². The third kappa shape index (κ3) is 3.10. The van der Waals surface area contributed by atoms with Gasteiger partial charge in [0.25, 0.3) is 5.91 Å². The molecular weight excluding hydrogens is 380 g/mol. The molecule has 0 spiro atoms. The highest BCUT2D eigenvalue weighted by atomic mass is 35.5. The fourth-order valence-electron chi connectivity index (χ4n) is 3.57. The summed E-state index contributed by atoms with van der Waals surface area (Å²) in [6, 6.07) is 4.62. The number of hydrogen-bond acceptors (Lipinski definition) is 3. The number of benzene rings is 1. The number of fused-ring (bicyclic) bond motifs is 1. The normalized spacial score (nSPS) is 20.3. The summed E-state index contributed by atoms with van der Waals surface area (Å²) in [6.45, 7) is 2.42. The van der Waals surface area contributed by atoms with Crippen LogP contribution in [0.2, 0.25) is 10.2 Å². The number of amides is 1. The highest BCUT2D eigenvalue weighted by Crippen LogP contribution is 2.32. The minimum Gasteiger partial charge on any atom is -0.381 e. The first-order valence-corrected chi connectivity index (χ1v) is 9.40. The predicted molar refractivity (Wildman–Crippen MR) is 97.6 cm³/mol. The van der Waals surface area contributed by atoms with E-state index < -0.39 is 5.82 Å². The third-order valence-corrected chi connectivity index (χ3v) is 5.64. The second-order valence-corrected chi connectivity index (χ2v) is 7.43. The number of rotatable bonds is 3. The molecule has 1 aromatic carbocycles. The maximum absolute atomic E-state index is 14.3. The summed E-state index contributed by atoms with van der Waals surface area (Å²) >= 11 is 12.3. The van der Waals surface area contributed by atoms with E-state index in [9.17, 15) is 9.18 Å².